The summed E-state index contributed by atoms with van der Waals surface area (Å²) < 4.78 is 0. The van der Waals surface area contributed by atoms with Gasteiger partial charge in [-0.25, -0.2) is 4.98 Å². The molecule has 6 nitrogen and oxygen atoms in total. The van der Waals surface area contributed by atoms with Gasteiger partial charge in [0.25, 0.3) is 5.91 Å². The van der Waals surface area contributed by atoms with E-state index in [0.717, 1.165) is 11.0 Å². The summed E-state index contributed by atoms with van der Waals surface area (Å²) in [6.07, 6.45) is 1.49. The highest BCUT2D eigenvalue weighted by Gasteiger charge is 2.10. The topological polar surface area (TPSA) is 96.7 Å². The summed E-state index contributed by atoms with van der Waals surface area (Å²) in [5, 5.41) is 2.65. The maximum Gasteiger partial charge on any atom is 0.276 e. The minimum absolute atomic E-state index is 0.250. The van der Waals surface area contributed by atoms with Gasteiger partial charge in [-0.05, 0) is 24.3 Å². The molecule has 0 spiro atoms. The van der Waals surface area contributed by atoms with E-state index >= 15 is 0 Å². The number of hydrogen-bond donors (Lipinski definition) is 3. The van der Waals surface area contributed by atoms with Crippen LogP contribution in [-0.4, -0.2) is 20.9 Å². The molecule has 2 heterocycles. The fraction of sp³-hybridized carbons (Fsp3) is 0. The molecule has 19 heavy (non-hydrogen) atoms. The number of rotatable bonds is 2. The third kappa shape index (κ3) is 2.23. The van der Waals surface area contributed by atoms with Crippen molar-refractivity contribution in [3.63, 3.8) is 0 Å². The molecule has 2 aromatic heterocycles. The van der Waals surface area contributed by atoms with E-state index in [1.807, 2.05) is 24.3 Å². The number of nitrogen functional groups attached to an aromatic ring is 1. The van der Waals surface area contributed by atoms with Crippen LogP contribution >= 0.6 is 0 Å². The van der Waals surface area contributed by atoms with Crippen molar-refractivity contribution in [2.45, 2.75) is 0 Å². The van der Waals surface area contributed by atoms with Crippen molar-refractivity contribution in [1.82, 2.24) is 15.0 Å². The molecule has 0 aliphatic heterocycles. The molecule has 0 atom stereocenters. The number of hydrogen-bond acceptors (Lipinski definition) is 4. The van der Waals surface area contributed by atoms with Gasteiger partial charge in [-0.3, -0.25) is 15.1 Å². The van der Waals surface area contributed by atoms with Crippen molar-refractivity contribution >= 4 is 28.6 Å². The molecule has 0 aliphatic rings. The van der Waals surface area contributed by atoms with E-state index in [0.29, 0.717) is 11.6 Å². The number of aromatic amines is 1. The number of benzene rings is 1. The normalized spacial score (nSPS) is 10.5. The number of H-pyrrole nitrogens is 1. The molecule has 0 saturated carbocycles. The third-order valence-corrected chi connectivity index (χ3v) is 2.64. The number of fused-ring (bicyclic) bond motifs is 1. The molecule has 0 bridgehead atoms. The molecule has 94 valence electrons. The maximum absolute atomic E-state index is 12.0. The first-order valence-electron chi connectivity index (χ1n) is 5.70. The van der Waals surface area contributed by atoms with E-state index in [-0.39, 0.29) is 11.6 Å². The summed E-state index contributed by atoms with van der Waals surface area (Å²) in [4.78, 5) is 23.2. The number of nitrogens with two attached hydrogens (primary N) is 1. The summed E-state index contributed by atoms with van der Waals surface area (Å²) in [6, 6.07) is 10.7. The molecular formula is C13H11N5O. The molecule has 0 radical (unpaired) electrons. The van der Waals surface area contributed by atoms with Crippen LogP contribution < -0.4 is 11.1 Å². The van der Waals surface area contributed by atoms with E-state index in [1.54, 1.807) is 6.07 Å². The zero-order chi connectivity index (χ0) is 13.2. The van der Waals surface area contributed by atoms with Crippen LogP contribution in [0.4, 0.5) is 11.6 Å². The highest BCUT2D eigenvalue weighted by Crippen LogP contribution is 2.14. The molecular weight excluding hydrogens is 242 g/mol. The highest BCUT2D eigenvalue weighted by atomic mass is 16.2. The summed E-state index contributed by atoms with van der Waals surface area (Å²) in [6.45, 7) is 0. The van der Waals surface area contributed by atoms with Crippen LogP contribution in [0, 0.1) is 0 Å². The van der Waals surface area contributed by atoms with Gasteiger partial charge in [0.1, 0.15) is 5.69 Å². The van der Waals surface area contributed by atoms with E-state index < -0.39 is 0 Å². The number of nitrogens with zero attached hydrogens (tertiary/aromatic N) is 2. The Hall–Kier alpha value is -2.89. The van der Waals surface area contributed by atoms with Crippen LogP contribution in [0.3, 0.4) is 0 Å². The summed E-state index contributed by atoms with van der Waals surface area (Å²) >= 11 is 0. The first kappa shape index (κ1) is 11.2. The largest absolute Gasteiger partial charge is 0.399 e. The monoisotopic (exact) mass is 253 g/mol. The number of carbonyl (C=O) groups is 1. The highest BCUT2D eigenvalue weighted by molar-refractivity contribution is 6.02. The van der Waals surface area contributed by atoms with Crippen molar-refractivity contribution in [3.05, 3.63) is 48.3 Å². The Kier molecular flexibility index (Phi) is 2.60. The summed E-state index contributed by atoms with van der Waals surface area (Å²) in [7, 11) is 0. The minimum Gasteiger partial charge on any atom is -0.399 e. The van der Waals surface area contributed by atoms with Gasteiger partial charge in [-0.1, -0.05) is 12.1 Å². The average molecular weight is 253 g/mol. The lowest BCUT2D eigenvalue weighted by Crippen LogP contribution is -2.14. The Labute approximate surface area is 108 Å². The number of para-hydroxylation sites is 2. The van der Waals surface area contributed by atoms with Gasteiger partial charge >= 0.3 is 0 Å². The van der Waals surface area contributed by atoms with Gasteiger partial charge in [0.15, 0.2) is 0 Å². The number of imidazole rings is 1. The zero-order valence-corrected chi connectivity index (χ0v) is 9.92. The van der Waals surface area contributed by atoms with Crippen LogP contribution in [0.25, 0.3) is 11.0 Å². The average Bonchev–Trinajstić information content (AvgIpc) is 2.80. The molecule has 4 N–H and O–H groups in total. The van der Waals surface area contributed by atoms with Gasteiger partial charge < -0.3 is 10.7 Å². The Bertz CT molecular complexity index is 716. The minimum atomic E-state index is -0.355. The Morgan fingerprint density at radius 2 is 2.11 bits per heavy atom. The number of carbonyl (C=O) groups excluding carboxylic acids is 1. The van der Waals surface area contributed by atoms with Crippen LogP contribution in [-0.2, 0) is 0 Å². The second-order valence-corrected chi connectivity index (χ2v) is 4.03. The third-order valence-electron chi connectivity index (χ3n) is 2.64. The first-order chi connectivity index (χ1) is 9.22. The molecule has 1 aromatic carbocycles. The Morgan fingerprint density at radius 1 is 1.26 bits per heavy atom. The SMILES string of the molecule is Nc1ccnc(C(=O)Nc2nc3ccccc3[nH]2)c1. The number of pyridine rings is 1. The second kappa shape index (κ2) is 4.41. The van der Waals surface area contributed by atoms with Crippen LogP contribution in [0.2, 0.25) is 0 Å². The molecule has 0 aliphatic carbocycles. The second-order valence-electron chi connectivity index (χ2n) is 4.03. The molecule has 3 rings (SSSR count). The van der Waals surface area contributed by atoms with Crippen molar-refractivity contribution in [3.8, 4) is 0 Å². The van der Waals surface area contributed by atoms with Gasteiger partial charge in [0, 0.05) is 11.9 Å². The molecule has 0 unspecified atom stereocenters. The fourth-order valence-corrected chi connectivity index (χ4v) is 1.75. The summed E-state index contributed by atoms with van der Waals surface area (Å²) in [5.74, 6) is 0.0294. The number of aromatic nitrogens is 3. The van der Waals surface area contributed by atoms with Crippen LogP contribution in [0.5, 0.6) is 0 Å². The Balaban J connectivity index is 1.86. The van der Waals surface area contributed by atoms with Gasteiger partial charge in [-0.2, -0.15) is 0 Å². The quantitative estimate of drug-likeness (QED) is 0.648. The number of nitrogens with one attached hydrogen (secondary N) is 2. The number of amides is 1. The van der Waals surface area contributed by atoms with Crippen molar-refractivity contribution in [1.29, 1.82) is 0 Å². The number of anilines is 2. The Morgan fingerprint density at radius 3 is 2.89 bits per heavy atom. The van der Waals surface area contributed by atoms with Crippen molar-refractivity contribution in [2.24, 2.45) is 0 Å². The lowest BCUT2D eigenvalue weighted by Gasteiger charge is -2.01. The molecule has 3 aromatic rings. The zero-order valence-electron chi connectivity index (χ0n) is 9.92. The van der Waals surface area contributed by atoms with Crippen molar-refractivity contribution < 1.29 is 4.79 Å². The van der Waals surface area contributed by atoms with E-state index in [9.17, 15) is 4.79 Å². The first-order valence-corrected chi connectivity index (χ1v) is 5.70. The lowest BCUT2D eigenvalue weighted by molar-refractivity contribution is 0.102. The van der Waals surface area contributed by atoms with E-state index in [1.165, 1.54) is 12.3 Å². The van der Waals surface area contributed by atoms with Gasteiger partial charge in [-0.15, -0.1) is 0 Å². The van der Waals surface area contributed by atoms with Crippen LogP contribution in [0.1, 0.15) is 10.5 Å². The maximum atomic E-state index is 12.0. The molecule has 0 saturated heterocycles. The lowest BCUT2D eigenvalue weighted by atomic mass is 10.3. The predicted molar refractivity (Wildman–Crippen MR) is 72.7 cm³/mol. The molecule has 1 amide bonds. The summed E-state index contributed by atoms with van der Waals surface area (Å²) in [5.41, 5.74) is 8.00. The fourth-order valence-electron chi connectivity index (χ4n) is 1.75. The van der Waals surface area contributed by atoms with E-state index in [4.69, 9.17) is 5.73 Å². The van der Waals surface area contributed by atoms with Gasteiger partial charge in [0.05, 0.1) is 11.0 Å². The predicted octanol–water partition coefficient (Wildman–Crippen LogP) is 1.79. The standard InChI is InChI=1S/C13H11N5O/c14-8-5-6-15-11(7-8)12(19)18-13-16-9-3-1-2-4-10(9)17-13/h1-7H,(H2,14,15)(H2,16,17,18,19). The molecule has 6 heteroatoms. The van der Waals surface area contributed by atoms with Crippen molar-refractivity contribution in [2.75, 3.05) is 11.1 Å². The van der Waals surface area contributed by atoms with E-state index in [2.05, 4.69) is 20.3 Å². The van der Waals surface area contributed by atoms with Gasteiger partial charge in [0.2, 0.25) is 5.95 Å². The smallest absolute Gasteiger partial charge is 0.276 e. The van der Waals surface area contributed by atoms with Crippen LogP contribution in [0.15, 0.2) is 42.6 Å². The molecule has 0 fully saturated rings.